The molecule has 0 radical (unpaired) electrons. The van der Waals surface area contributed by atoms with Crippen LogP contribution in [0.4, 0.5) is 4.39 Å². The van der Waals surface area contributed by atoms with E-state index < -0.39 is 0 Å². The van der Waals surface area contributed by atoms with Gasteiger partial charge in [0, 0.05) is 11.9 Å². The fourth-order valence-electron chi connectivity index (χ4n) is 2.89. The van der Waals surface area contributed by atoms with Crippen LogP contribution in [0.25, 0.3) is 0 Å². The van der Waals surface area contributed by atoms with Gasteiger partial charge in [-0.1, -0.05) is 24.3 Å². The molecule has 0 saturated heterocycles. The van der Waals surface area contributed by atoms with E-state index in [0.29, 0.717) is 5.75 Å². The van der Waals surface area contributed by atoms with E-state index in [4.69, 9.17) is 0 Å². The van der Waals surface area contributed by atoms with E-state index in [-0.39, 0.29) is 17.8 Å². The van der Waals surface area contributed by atoms with Gasteiger partial charge in [-0.15, -0.1) is 11.8 Å². The Morgan fingerprint density at radius 2 is 1.95 bits per heavy atom. The molecule has 2 nitrogen and oxygen atoms in total. The van der Waals surface area contributed by atoms with Gasteiger partial charge in [-0.2, -0.15) is 0 Å². The fraction of sp³-hybridized carbons (Fsp3) is 0.278. The first-order valence-corrected chi connectivity index (χ1v) is 8.35. The smallest absolute Gasteiger partial charge is 0.233 e. The average Bonchev–Trinajstić information content (AvgIpc) is 2.97. The zero-order chi connectivity index (χ0) is 15.5. The molecule has 0 bridgehead atoms. The Bertz CT molecular complexity index is 671. The number of rotatable bonds is 4. The summed E-state index contributed by atoms with van der Waals surface area (Å²) in [7, 11) is 1.88. The van der Waals surface area contributed by atoms with Crippen LogP contribution >= 0.6 is 11.8 Å². The number of halogens is 1. The fourth-order valence-corrected chi connectivity index (χ4v) is 3.71. The van der Waals surface area contributed by atoms with Crippen molar-refractivity contribution in [3.8, 4) is 0 Å². The zero-order valence-corrected chi connectivity index (χ0v) is 13.3. The van der Waals surface area contributed by atoms with Crippen molar-refractivity contribution in [3.63, 3.8) is 0 Å². The topological polar surface area (TPSA) is 20.3 Å². The largest absolute Gasteiger partial charge is 0.338 e. The SMILES string of the molecule is CN(C(=O)CSc1ccc(F)cc1)C1CCc2ccccc21. The molecule has 1 aliphatic carbocycles. The van der Waals surface area contributed by atoms with Crippen LogP contribution < -0.4 is 0 Å². The minimum atomic E-state index is -0.254. The van der Waals surface area contributed by atoms with E-state index in [1.54, 1.807) is 12.1 Å². The minimum absolute atomic E-state index is 0.107. The molecule has 2 aromatic carbocycles. The highest BCUT2D eigenvalue weighted by Crippen LogP contribution is 2.35. The maximum atomic E-state index is 12.9. The first-order chi connectivity index (χ1) is 10.6. The Balaban J connectivity index is 1.62. The highest BCUT2D eigenvalue weighted by atomic mass is 32.2. The molecule has 0 N–H and O–H groups in total. The van der Waals surface area contributed by atoms with Crippen molar-refractivity contribution in [1.82, 2.24) is 4.90 Å². The molecule has 114 valence electrons. The van der Waals surface area contributed by atoms with E-state index in [1.165, 1.54) is 35.0 Å². The monoisotopic (exact) mass is 315 g/mol. The predicted octanol–water partition coefficient (Wildman–Crippen LogP) is 4.06. The Morgan fingerprint density at radius 1 is 1.23 bits per heavy atom. The molecule has 2 aromatic rings. The normalized spacial score (nSPS) is 16.4. The summed E-state index contributed by atoms with van der Waals surface area (Å²) in [5, 5.41) is 0. The van der Waals surface area contributed by atoms with E-state index in [2.05, 4.69) is 12.1 Å². The van der Waals surface area contributed by atoms with Gasteiger partial charge >= 0.3 is 0 Å². The molecule has 1 aliphatic rings. The molecule has 0 aliphatic heterocycles. The van der Waals surface area contributed by atoms with E-state index in [9.17, 15) is 9.18 Å². The second-order valence-corrected chi connectivity index (χ2v) is 6.55. The molecular weight excluding hydrogens is 297 g/mol. The van der Waals surface area contributed by atoms with Crippen LogP contribution in [-0.2, 0) is 11.2 Å². The van der Waals surface area contributed by atoms with Gasteiger partial charge in [-0.3, -0.25) is 4.79 Å². The first-order valence-electron chi connectivity index (χ1n) is 7.37. The van der Waals surface area contributed by atoms with Crippen molar-refractivity contribution in [1.29, 1.82) is 0 Å². The van der Waals surface area contributed by atoms with E-state index in [0.717, 1.165) is 17.7 Å². The van der Waals surface area contributed by atoms with Crippen LogP contribution in [0.3, 0.4) is 0 Å². The van der Waals surface area contributed by atoms with E-state index in [1.807, 2.05) is 24.1 Å². The van der Waals surface area contributed by atoms with Crippen molar-refractivity contribution in [3.05, 3.63) is 65.5 Å². The second-order valence-electron chi connectivity index (χ2n) is 5.50. The zero-order valence-electron chi connectivity index (χ0n) is 12.5. The summed E-state index contributed by atoms with van der Waals surface area (Å²) in [5.41, 5.74) is 2.61. The number of aryl methyl sites for hydroxylation is 1. The summed E-state index contributed by atoms with van der Waals surface area (Å²) in [5.74, 6) is 0.229. The van der Waals surface area contributed by atoms with Crippen molar-refractivity contribution in [2.24, 2.45) is 0 Å². The molecular formula is C18H18FNOS. The third-order valence-electron chi connectivity index (χ3n) is 4.14. The predicted molar refractivity (Wildman–Crippen MR) is 87.4 cm³/mol. The van der Waals surface area contributed by atoms with Crippen molar-refractivity contribution < 1.29 is 9.18 Å². The number of carbonyl (C=O) groups excluding carboxylic acids is 1. The Morgan fingerprint density at radius 3 is 2.73 bits per heavy atom. The summed E-state index contributed by atoms with van der Waals surface area (Å²) >= 11 is 1.45. The summed E-state index contributed by atoms with van der Waals surface area (Å²) in [4.78, 5) is 15.2. The van der Waals surface area contributed by atoms with Crippen LogP contribution in [0.15, 0.2) is 53.4 Å². The van der Waals surface area contributed by atoms with E-state index >= 15 is 0 Å². The lowest BCUT2D eigenvalue weighted by Crippen LogP contribution is -2.31. The van der Waals surface area contributed by atoms with Crippen LogP contribution in [-0.4, -0.2) is 23.6 Å². The molecule has 0 heterocycles. The molecule has 0 aromatic heterocycles. The lowest BCUT2D eigenvalue weighted by Gasteiger charge is -2.25. The van der Waals surface area contributed by atoms with Crippen LogP contribution in [0, 0.1) is 5.82 Å². The number of amides is 1. The highest BCUT2D eigenvalue weighted by molar-refractivity contribution is 8.00. The van der Waals surface area contributed by atoms with Gasteiger partial charge in [0.2, 0.25) is 5.91 Å². The summed E-state index contributed by atoms with van der Waals surface area (Å²) in [6.07, 6.45) is 2.02. The number of nitrogens with zero attached hydrogens (tertiary/aromatic N) is 1. The first kappa shape index (κ1) is 15.1. The third kappa shape index (κ3) is 3.17. The maximum absolute atomic E-state index is 12.9. The lowest BCUT2D eigenvalue weighted by molar-refractivity contribution is -0.129. The van der Waals surface area contributed by atoms with Gasteiger partial charge in [0.05, 0.1) is 11.8 Å². The quantitative estimate of drug-likeness (QED) is 0.793. The summed E-state index contributed by atoms with van der Waals surface area (Å²) in [6.45, 7) is 0. The van der Waals surface area contributed by atoms with Crippen molar-refractivity contribution >= 4 is 17.7 Å². The third-order valence-corrected chi connectivity index (χ3v) is 5.13. The minimum Gasteiger partial charge on any atom is -0.338 e. The summed E-state index contributed by atoms with van der Waals surface area (Å²) in [6, 6.07) is 14.8. The molecule has 1 unspecified atom stereocenters. The van der Waals surface area contributed by atoms with Gasteiger partial charge in [0.25, 0.3) is 0 Å². The maximum Gasteiger partial charge on any atom is 0.233 e. The lowest BCUT2D eigenvalue weighted by atomic mass is 10.1. The molecule has 0 fully saturated rings. The Kier molecular flexibility index (Phi) is 4.48. The van der Waals surface area contributed by atoms with Crippen LogP contribution in [0.2, 0.25) is 0 Å². The Labute approximate surface area is 134 Å². The average molecular weight is 315 g/mol. The van der Waals surface area contributed by atoms with Crippen molar-refractivity contribution in [2.45, 2.75) is 23.8 Å². The van der Waals surface area contributed by atoms with Gasteiger partial charge in [-0.05, 0) is 48.2 Å². The van der Waals surface area contributed by atoms with Gasteiger partial charge in [0.15, 0.2) is 0 Å². The summed E-state index contributed by atoms with van der Waals surface area (Å²) < 4.78 is 12.9. The number of hydrogen-bond donors (Lipinski definition) is 0. The Hall–Kier alpha value is -1.81. The number of carbonyl (C=O) groups is 1. The highest BCUT2D eigenvalue weighted by Gasteiger charge is 2.28. The van der Waals surface area contributed by atoms with Crippen molar-refractivity contribution in [2.75, 3.05) is 12.8 Å². The molecule has 1 amide bonds. The molecule has 3 rings (SSSR count). The van der Waals surface area contributed by atoms with Gasteiger partial charge in [0.1, 0.15) is 5.82 Å². The van der Waals surface area contributed by atoms with Gasteiger partial charge in [-0.25, -0.2) is 4.39 Å². The van der Waals surface area contributed by atoms with Crippen LogP contribution in [0.5, 0.6) is 0 Å². The molecule has 22 heavy (non-hydrogen) atoms. The molecule has 0 spiro atoms. The van der Waals surface area contributed by atoms with Crippen LogP contribution in [0.1, 0.15) is 23.6 Å². The molecule has 4 heteroatoms. The number of benzene rings is 2. The molecule has 0 saturated carbocycles. The standard InChI is InChI=1S/C18H18FNOS/c1-20(17-11-6-13-4-2-3-5-16(13)17)18(21)12-22-15-9-7-14(19)8-10-15/h2-5,7-10,17H,6,11-12H2,1H3. The number of fused-ring (bicyclic) bond motifs is 1. The van der Waals surface area contributed by atoms with Gasteiger partial charge < -0.3 is 4.90 Å². The second kappa shape index (κ2) is 6.53. The number of thioether (sulfide) groups is 1. The molecule has 1 atom stereocenters. The number of hydrogen-bond acceptors (Lipinski definition) is 2.